The van der Waals surface area contributed by atoms with Crippen molar-refractivity contribution in [2.24, 2.45) is 5.73 Å². The van der Waals surface area contributed by atoms with Crippen molar-refractivity contribution < 1.29 is 27.9 Å². The molecule has 4 N–H and O–H groups in total. The van der Waals surface area contributed by atoms with Crippen LogP contribution in [0.4, 0.5) is 5.69 Å². The third-order valence-electron chi connectivity index (χ3n) is 5.84. The lowest BCUT2D eigenvalue weighted by molar-refractivity contribution is -0.135. The maximum atomic E-state index is 13.6. The highest BCUT2D eigenvalue weighted by atomic mass is 35.5. The molecule has 9 nitrogen and oxygen atoms in total. The van der Waals surface area contributed by atoms with E-state index in [1.54, 1.807) is 48.5 Å². The van der Waals surface area contributed by atoms with Crippen LogP contribution in [-0.2, 0) is 21.4 Å². The Labute approximate surface area is 233 Å². The summed E-state index contributed by atoms with van der Waals surface area (Å²) >= 11 is 12.0. The van der Waals surface area contributed by atoms with Gasteiger partial charge < -0.3 is 16.2 Å². The third kappa shape index (κ3) is 5.98. The Kier molecular flexibility index (Phi) is 8.10. The Morgan fingerprint density at radius 1 is 0.846 bits per heavy atom. The molecule has 0 aliphatic rings. The number of rotatable bonds is 9. The Balaban J connectivity index is 1.76. The minimum absolute atomic E-state index is 0.0169. The van der Waals surface area contributed by atoms with E-state index >= 15 is 0 Å². The van der Waals surface area contributed by atoms with Crippen LogP contribution in [0.15, 0.2) is 83.8 Å². The topological polar surface area (TPSA) is 147 Å². The van der Waals surface area contributed by atoms with Crippen molar-refractivity contribution in [2.75, 3.05) is 10.8 Å². The summed E-state index contributed by atoms with van der Waals surface area (Å²) in [5.41, 5.74) is 6.47. The van der Waals surface area contributed by atoms with Gasteiger partial charge in [0.2, 0.25) is 5.91 Å². The number of hydrogen-bond acceptors (Lipinski definition) is 5. The van der Waals surface area contributed by atoms with Gasteiger partial charge in [-0.3, -0.25) is 18.7 Å². The van der Waals surface area contributed by atoms with E-state index in [1.807, 2.05) is 0 Å². The summed E-state index contributed by atoms with van der Waals surface area (Å²) in [6, 6.07) is 19.6. The number of benzene rings is 4. The second kappa shape index (κ2) is 11.3. The fourth-order valence-electron chi connectivity index (χ4n) is 4.12. The van der Waals surface area contributed by atoms with Crippen LogP contribution in [0.3, 0.4) is 0 Å². The second-order valence-corrected chi connectivity index (χ2v) is 11.1. The number of amides is 2. The van der Waals surface area contributed by atoms with Crippen molar-refractivity contribution >= 4 is 67.5 Å². The van der Waals surface area contributed by atoms with Gasteiger partial charge in [0.05, 0.1) is 10.6 Å². The second-order valence-electron chi connectivity index (χ2n) is 8.39. The summed E-state index contributed by atoms with van der Waals surface area (Å²) in [6.07, 6.45) is 0. The number of halogens is 2. The standard InChI is InChI=1S/C27H21Cl2N3O6S/c28-17-11-18(29)13-19(12-17)39(37,38)32(15-25(33)34)24-10-4-7-21-22(24)8-3-9-23(21)27(36)31-14-16-5-1-2-6-20(16)26(30)35/h1-13H,14-15H2,(H2,30,35)(H,31,36)(H,33,34). The van der Waals surface area contributed by atoms with E-state index in [1.165, 1.54) is 30.3 Å². The molecule has 0 aliphatic heterocycles. The maximum absolute atomic E-state index is 13.6. The molecule has 0 atom stereocenters. The number of carboxylic acids is 1. The summed E-state index contributed by atoms with van der Waals surface area (Å²) < 4.78 is 27.9. The highest BCUT2D eigenvalue weighted by Crippen LogP contribution is 2.34. The zero-order valence-corrected chi connectivity index (χ0v) is 22.4. The number of nitrogens with zero attached hydrogens (tertiary/aromatic N) is 1. The fraction of sp³-hybridized carbons (Fsp3) is 0.0741. The predicted octanol–water partition coefficient (Wildman–Crippen LogP) is 4.46. The lowest BCUT2D eigenvalue weighted by Crippen LogP contribution is -2.36. The van der Waals surface area contributed by atoms with Gasteiger partial charge in [-0.1, -0.05) is 65.7 Å². The van der Waals surface area contributed by atoms with Gasteiger partial charge in [-0.05, 0) is 47.3 Å². The zero-order valence-electron chi connectivity index (χ0n) is 20.1. The number of sulfonamides is 1. The normalized spacial score (nSPS) is 11.2. The molecule has 4 rings (SSSR count). The van der Waals surface area contributed by atoms with Gasteiger partial charge in [-0.25, -0.2) is 8.42 Å². The number of carbonyl (C=O) groups is 3. The van der Waals surface area contributed by atoms with Gasteiger partial charge in [-0.2, -0.15) is 0 Å². The number of carboxylic acid groups (broad SMARTS) is 1. The molecule has 0 fully saturated rings. The molecule has 12 heteroatoms. The Hall–Kier alpha value is -4.12. The summed E-state index contributed by atoms with van der Waals surface area (Å²) in [5, 5.41) is 13.1. The molecule has 0 unspecified atom stereocenters. The number of hydrogen-bond donors (Lipinski definition) is 3. The number of nitrogens with one attached hydrogen (secondary N) is 1. The van der Waals surface area contributed by atoms with E-state index in [9.17, 15) is 27.9 Å². The SMILES string of the molecule is NC(=O)c1ccccc1CNC(=O)c1cccc2c(N(CC(=O)O)S(=O)(=O)c3cc(Cl)cc(Cl)c3)cccc12. The van der Waals surface area contributed by atoms with E-state index < -0.39 is 34.4 Å². The average Bonchev–Trinajstić information content (AvgIpc) is 2.89. The molecule has 0 radical (unpaired) electrons. The van der Waals surface area contributed by atoms with Gasteiger partial charge >= 0.3 is 5.97 Å². The number of fused-ring (bicyclic) bond motifs is 1. The molecule has 0 saturated heterocycles. The molecule has 0 bridgehead atoms. The third-order valence-corrected chi connectivity index (χ3v) is 8.01. The highest BCUT2D eigenvalue weighted by Gasteiger charge is 2.29. The molecule has 4 aromatic rings. The van der Waals surface area contributed by atoms with Crippen LogP contribution in [0.5, 0.6) is 0 Å². The van der Waals surface area contributed by atoms with Gasteiger partial charge in [0.1, 0.15) is 6.54 Å². The molecule has 200 valence electrons. The molecular formula is C27H21Cl2N3O6S. The van der Waals surface area contributed by atoms with Crippen LogP contribution in [0.2, 0.25) is 10.0 Å². The molecule has 0 aliphatic carbocycles. The summed E-state index contributed by atoms with van der Waals surface area (Å²) in [4.78, 5) is 36.3. The quantitative estimate of drug-likeness (QED) is 0.264. The van der Waals surface area contributed by atoms with Crippen molar-refractivity contribution in [3.8, 4) is 0 Å². The van der Waals surface area contributed by atoms with Crippen LogP contribution in [0.1, 0.15) is 26.3 Å². The Bertz CT molecular complexity index is 1710. The summed E-state index contributed by atoms with van der Waals surface area (Å²) in [6.45, 7) is -0.880. The number of primary amides is 1. The Morgan fingerprint density at radius 2 is 1.46 bits per heavy atom. The van der Waals surface area contributed by atoms with E-state index in [4.69, 9.17) is 28.9 Å². The molecular weight excluding hydrogens is 565 g/mol. The highest BCUT2D eigenvalue weighted by molar-refractivity contribution is 7.93. The molecule has 0 spiro atoms. The number of nitrogens with two attached hydrogens (primary N) is 1. The minimum atomic E-state index is -4.44. The van der Waals surface area contributed by atoms with Crippen LogP contribution < -0.4 is 15.4 Å². The largest absolute Gasteiger partial charge is 0.480 e. The predicted molar refractivity (Wildman–Crippen MR) is 149 cm³/mol. The maximum Gasteiger partial charge on any atom is 0.324 e. The first kappa shape index (κ1) is 27.9. The van der Waals surface area contributed by atoms with Crippen molar-refractivity contribution in [1.29, 1.82) is 0 Å². The van der Waals surface area contributed by atoms with Crippen LogP contribution in [0.25, 0.3) is 10.8 Å². The van der Waals surface area contributed by atoms with Crippen molar-refractivity contribution in [1.82, 2.24) is 5.32 Å². The lowest BCUT2D eigenvalue weighted by Gasteiger charge is -2.25. The van der Waals surface area contributed by atoms with Crippen molar-refractivity contribution in [3.05, 3.63) is 106 Å². The first-order valence-corrected chi connectivity index (χ1v) is 13.6. The fourth-order valence-corrected chi connectivity index (χ4v) is 6.28. The molecule has 39 heavy (non-hydrogen) atoms. The van der Waals surface area contributed by atoms with Gasteiger partial charge in [0.25, 0.3) is 15.9 Å². The van der Waals surface area contributed by atoms with Gasteiger partial charge in [-0.15, -0.1) is 0 Å². The minimum Gasteiger partial charge on any atom is -0.480 e. The van der Waals surface area contributed by atoms with Crippen LogP contribution in [-0.4, -0.2) is 37.9 Å². The number of aliphatic carboxylic acids is 1. The smallest absolute Gasteiger partial charge is 0.324 e. The molecule has 0 heterocycles. The first-order chi connectivity index (χ1) is 18.5. The van der Waals surface area contributed by atoms with E-state index in [0.29, 0.717) is 16.3 Å². The lowest BCUT2D eigenvalue weighted by atomic mass is 10.0. The first-order valence-electron chi connectivity index (χ1n) is 11.4. The van der Waals surface area contributed by atoms with Gasteiger partial charge in [0.15, 0.2) is 0 Å². The van der Waals surface area contributed by atoms with E-state index in [2.05, 4.69) is 5.32 Å². The van der Waals surface area contributed by atoms with Crippen LogP contribution in [0, 0.1) is 0 Å². The Morgan fingerprint density at radius 3 is 2.13 bits per heavy atom. The van der Waals surface area contributed by atoms with Crippen molar-refractivity contribution in [3.63, 3.8) is 0 Å². The number of anilines is 1. The molecule has 0 aromatic heterocycles. The van der Waals surface area contributed by atoms with Gasteiger partial charge in [0, 0.05) is 33.1 Å². The van der Waals surface area contributed by atoms with Crippen molar-refractivity contribution in [2.45, 2.75) is 11.4 Å². The van der Waals surface area contributed by atoms with Crippen LogP contribution >= 0.6 is 23.2 Å². The monoisotopic (exact) mass is 585 g/mol. The molecule has 0 saturated carbocycles. The summed E-state index contributed by atoms with van der Waals surface area (Å²) in [7, 11) is -4.44. The molecule has 2 amide bonds. The average molecular weight is 586 g/mol. The zero-order chi connectivity index (χ0) is 28.3. The summed E-state index contributed by atoms with van der Waals surface area (Å²) in [5.74, 6) is -2.52. The van der Waals surface area contributed by atoms with E-state index in [0.717, 1.165) is 4.31 Å². The van der Waals surface area contributed by atoms with E-state index in [-0.39, 0.29) is 38.3 Å². The number of carbonyl (C=O) groups excluding carboxylic acids is 2. The molecule has 4 aromatic carbocycles.